The lowest BCUT2D eigenvalue weighted by Gasteiger charge is -2.33. The summed E-state index contributed by atoms with van der Waals surface area (Å²) in [6.45, 7) is 4.06. The number of nitrogens with one attached hydrogen (secondary N) is 1. The Balaban J connectivity index is 1.42. The number of alkyl halides is 3. The van der Waals surface area contributed by atoms with Crippen LogP contribution in [0.15, 0.2) is 22.7 Å². The van der Waals surface area contributed by atoms with Gasteiger partial charge in [0.05, 0.1) is 0 Å². The highest BCUT2D eigenvalue weighted by Crippen LogP contribution is 2.35. The molecule has 34 heavy (non-hydrogen) atoms. The molecule has 2 fully saturated rings. The van der Waals surface area contributed by atoms with Gasteiger partial charge < -0.3 is 19.5 Å². The summed E-state index contributed by atoms with van der Waals surface area (Å²) < 4.78 is 46.0. The van der Waals surface area contributed by atoms with Crippen molar-refractivity contribution in [3.8, 4) is 0 Å². The molecule has 184 valence electrons. The zero-order chi connectivity index (χ0) is 24.3. The lowest BCUT2D eigenvalue weighted by molar-refractivity contribution is -0.141. The standard InChI is InChI=1S/C23H28F3N5O3/c1-15(32)28-17-7-11-30(12-8-17)19-6-5-16(14-27-19)13-18(33)20-21(23(24,25)26)29-22(34-20)31-9-3-2-4-10-31/h5-6,14,17H,2-4,7-13H2,1H3,(H,28,32). The molecule has 0 atom stereocenters. The fourth-order valence-electron chi connectivity index (χ4n) is 4.42. The molecule has 0 aromatic carbocycles. The summed E-state index contributed by atoms with van der Waals surface area (Å²) in [5.74, 6) is -0.861. The minimum atomic E-state index is -4.78. The molecule has 2 aromatic heterocycles. The first-order valence-electron chi connectivity index (χ1n) is 11.5. The largest absolute Gasteiger partial charge is 0.437 e. The van der Waals surface area contributed by atoms with E-state index in [1.165, 1.54) is 13.1 Å². The van der Waals surface area contributed by atoms with Gasteiger partial charge in [0.1, 0.15) is 5.82 Å². The van der Waals surface area contributed by atoms with E-state index >= 15 is 0 Å². The van der Waals surface area contributed by atoms with Crippen LogP contribution in [0.4, 0.5) is 25.0 Å². The number of anilines is 2. The van der Waals surface area contributed by atoms with E-state index in [0.29, 0.717) is 18.7 Å². The molecular formula is C23H28F3N5O3. The van der Waals surface area contributed by atoms with E-state index in [1.807, 2.05) is 0 Å². The molecule has 1 N–H and O–H groups in total. The Morgan fingerprint density at radius 1 is 1.09 bits per heavy atom. The second-order valence-electron chi connectivity index (χ2n) is 8.81. The molecular weight excluding hydrogens is 451 g/mol. The first-order valence-corrected chi connectivity index (χ1v) is 11.5. The summed E-state index contributed by atoms with van der Waals surface area (Å²) in [5.41, 5.74) is -0.782. The molecule has 2 aliphatic rings. The Labute approximate surface area is 195 Å². The van der Waals surface area contributed by atoms with Crippen LogP contribution in [0.5, 0.6) is 0 Å². The number of pyridine rings is 1. The molecule has 0 aliphatic carbocycles. The smallest absolute Gasteiger partial charge is 0.420 e. The highest BCUT2D eigenvalue weighted by atomic mass is 19.4. The van der Waals surface area contributed by atoms with Gasteiger partial charge in [-0.1, -0.05) is 6.07 Å². The van der Waals surface area contributed by atoms with Crippen molar-refractivity contribution in [3.63, 3.8) is 0 Å². The van der Waals surface area contributed by atoms with Crippen molar-refractivity contribution in [1.82, 2.24) is 15.3 Å². The molecule has 8 nitrogen and oxygen atoms in total. The SMILES string of the molecule is CC(=O)NC1CCN(c2ccc(CC(=O)c3oc(N4CCCCC4)nc3C(F)(F)F)cn2)CC1. The number of amides is 1. The van der Waals surface area contributed by atoms with Crippen molar-refractivity contribution >= 4 is 23.5 Å². The van der Waals surface area contributed by atoms with Gasteiger partial charge in [-0.3, -0.25) is 9.59 Å². The van der Waals surface area contributed by atoms with Crippen LogP contribution in [0.2, 0.25) is 0 Å². The lowest BCUT2D eigenvalue weighted by atomic mass is 10.0. The number of halogens is 3. The van der Waals surface area contributed by atoms with Gasteiger partial charge in [0.2, 0.25) is 17.5 Å². The minimum absolute atomic E-state index is 0.0471. The van der Waals surface area contributed by atoms with Crippen molar-refractivity contribution in [2.24, 2.45) is 0 Å². The van der Waals surface area contributed by atoms with Crippen molar-refractivity contribution in [2.45, 2.75) is 57.7 Å². The first kappa shape index (κ1) is 24.0. The van der Waals surface area contributed by atoms with Gasteiger partial charge in [0.15, 0.2) is 5.69 Å². The van der Waals surface area contributed by atoms with E-state index < -0.39 is 23.4 Å². The topological polar surface area (TPSA) is 91.6 Å². The number of hydrogen-bond acceptors (Lipinski definition) is 7. The summed E-state index contributed by atoms with van der Waals surface area (Å²) in [6.07, 6.45) is 0.738. The monoisotopic (exact) mass is 479 g/mol. The van der Waals surface area contributed by atoms with Crippen LogP contribution in [0.1, 0.15) is 60.8 Å². The van der Waals surface area contributed by atoms with E-state index in [4.69, 9.17) is 4.42 Å². The van der Waals surface area contributed by atoms with Gasteiger partial charge in [-0.2, -0.15) is 18.2 Å². The highest BCUT2D eigenvalue weighted by molar-refractivity contribution is 5.96. The third-order valence-corrected chi connectivity index (χ3v) is 6.16. The Morgan fingerprint density at radius 2 is 1.79 bits per heavy atom. The van der Waals surface area contributed by atoms with Gasteiger partial charge in [-0.25, -0.2) is 4.98 Å². The van der Waals surface area contributed by atoms with E-state index in [9.17, 15) is 22.8 Å². The number of piperidine rings is 2. The Morgan fingerprint density at radius 3 is 2.38 bits per heavy atom. The van der Waals surface area contributed by atoms with E-state index in [0.717, 1.165) is 51.0 Å². The Hall–Kier alpha value is -3.11. The van der Waals surface area contributed by atoms with Gasteiger partial charge in [-0.05, 0) is 43.7 Å². The van der Waals surface area contributed by atoms with Crippen LogP contribution in [0.25, 0.3) is 0 Å². The second-order valence-corrected chi connectivity index (χ2v) is 8.81. The Bertz CT molecular complexity index is 1010. The van der Waals surface area contributed by atoms with Crippen molar-refractivity contribution in [1.29, 1.82) is 0 Å². The molecule has 0 bridgehead atoms. The minimum Gasteiger partial charge on any atom is -0.420 e. The van der Waals surface area contributed by atoms with Crippen LogP contribution in [-0.2, 0) is 17.4 Å². The fraction of sp³-hybridized carbons (Fsp3) is 0.565. The predicted octanol–water partition coefficient (Wildman–Crippen LogP) is 3.61. The van der Waals surface area contributed by atoms with E-state index in [1.54, 1.807) is 17.0 Å². The number of ketones is 1. The van der Waals surface area contributed by atoms with Gasteiger partial charge >= 0.3 is 6.18 Å². The second kappa shape index (κ2) is 10.0. The van der Waals surface area contributed by atoms with E-state index in [-0.39, 0.29) is 24.4 Å². The number of carbonyl (C=O) groups is 2. The number of hydrogen-bond donors (Lipinski definition) is 1. The summed E-state index contributed by atoms with van der Waals surface area (Å²) >= 11 is 0. The third-order valence-electron chi connectivity index (χ3n) is 6.16. The van der Waals surface area contributed by atoms with Gasteiger partial charge in [0, 0.05) is 51.8 Å². The molecule has 4 heterocycles. The Kier molecular flexibility index (Phi) is 7.08. The van der Waals surface area contributed by atoms with Crippen molar-refractivity contribution in [2.75, 3.05) is 36.0 Å². The van der Waals surface area contributed by atoms with Crippen LogP contribution in [0.3, 0.4) is 0 Å². The number of nitrogens with zero attached hydrogens (tertiary/aromatic N) is 4. The van der Waals surface area contributed by atoms with Crippen LogP contribution < -0.4 is 15.1 Å². The molecule has 0 spiro atoms. The zero-order valence-corrected chi connectivity index (χ0v) is 19.0. The molecule has 4 rings (SSSR count). The molecule has 2 saturated heterocycles. The predicted molar refractivity (Wildman–Crippen MR) is 119 cm³/mol. The number of aromatic nitrogens is 2. The lowest BCUT2D eigenvalue weighted by Crippen LogP contribution is -2.44. The maximum Gasteiger partial charge on any atom is 0.437 e. The quantitative estimate of drug-likeness (QED) is 0.633. The van der Waals surface area contributed by atoms with Crippen LogP contribution in [0, 0.1) is 0 Å². The van der Waals surface area contributed by atoms with Gasteiger partial charge in [0.25, 0.3) is 6.01 Å². The maximum absolute atomic E-state index is 13.5. The molecule has 11 heteroatoms. The number of carbonyl (C=O) groups excluding carboxylic acids is 2. The fourth-order valence-corrected chi connectivity index (χ4v) is 4.42. The molecule has 0 unspecified atom stereocenters. The number of rotatable bonds is 6. The summed E-state index contributed by atoms with van der Waals surface area (Å²) in [7, 11) is 0. The van der Waals surface area contributed by atoms with Crippen LogP contribution in [-0.4, -0.2) is 53.9 Å². The average molecular weight is 480 g/mol. The summed E-state index contributed by atoms with van der Waals surface area (Å²) in [5, 5.41) is 2.92. The third kappa shape index (κ3) is 5.68. The van der Waals surface area contributed by atoms with Gasteiger partial charge in [-0.15, -0.1) is 0 Å². The molecule has 2 aromatic rings. The number of Topliss-reactive ketones (excluding diaryl/α,β-unsaturated/α-hetero) is 1. The highest BCUT2D eigenvalue weighted by Gasteiger charge is 2.41. The molecule has 0 saturated carbocycles. The van der Waals surface area contributed by atoms with Crippen molar-refractivity contribution < 1.29 is 27.2 Å². The molecule has 2 aliphatic heterocycles. The van der Waals surface area contributed by atoms with E-state index in [2.05, 4.69) is 20.2 Å². The average Bonchev–Trinajstić information content (AvgIpc) is 3.27. The van der Waals surface area contributed by atoms with Crippen molar-refractivity contribution in [3.05, 3.63) is 35.3 Å². The molecule has 0 radical (unpaired) electrons. The molecule has 1 amide bonds. The normalized spacial score (nSPS) is 17.6. The van der Waals surface area contributed by atoms with Crippen LogP contribution >= 0.6 is 0 Å². The number of oxazole rings is 1. The first-order chi connectivity index (χ1) is 16.2. The summed E-state index contributed by atoms with van der Waals surface area (Å²) in [4.78, 5) is 35.7. The zero-order valence-electron chi connectivity index (χ0n) is 19.0. The maximum atomic E-state index is 13.5. The summed E-state index contributed by atoms with van der Waals surface area (Å²) in [6, 6.07) is 3.44.